The van der Waals surface area contributed by atoms with Crippen LogP contribution in [0.5, 0.6) is 0 Å². The Labute approximate surface area is 131 Å². The van der Waals surface area contributed by atoms with Gasteiger partial charge in [0.2, 0.25) is 0 Å². The van der Waals surface area contributed by atoms with E-state index in [1.807, 2.05) is 0 Å². The van der Waals surface area contributed by atoms with Crippen LogP contribution in [0, 0.1) is 13.8 Å². The highest BCUT2D eigenvalue weighted by molar-refractivity contribution is 9.10. The van der Waals surface area contributed by atoms with Crippen LogP contribution in [0.3, 0.4) is 0 Å². The van der Waals surface area contributed by atoms with Gasteiger partial charge in [0.25, 0.3) is 0 Å². The first-order chi connectivity index (χ1) is 9.02. The van der Waals surface area contributed by atoms with Gasteiger partial charge in [-0.25, -0.2) is 0 Å². The van der Waals surface area contributed by atoms with Crippen LogP contribution in [0.2, 0.25) is 0 Å². The Hall–Kier alpha value is -0.800. The third-order valence-corrected chi connectivity index (χ3v) is 4.36. The number of benzene rings is 2. The van der Waals surface area contributed by atoms with E-state index in [4.69, 9.17) is 0 Å². The van der Waals surface area contributed by atoms with E-state index in [1.54, 1.807) is 0 Å². The molecule has 0 atom stereocenters. The molecule has 3 heteroatoms. The summed E-state index contributed by atoms with van der Waals surface area (Å²) in [5.41, 5.74) is 6.34. The second kappa shape index (κ2) is 6.10. The van der Waals surface area contributed by atoms with Gasteiger partial charge in [-0.2, -0.15) is 0 Å². The summed E-state index contributed by atoms with van der Waals surface area (Å²) in [5, 5.41) is 0.852. The molecule has 2 aromatic rings. The minimum Gasteiger partial charge on any atom is -0.344 e. The van der Waals surface area contributed by atoms with Gasteiger partial charge >= 0.3 is 0 Å². The van der Waals surface area contributed by atoms with E-state index in [1.165, 1.54) is 28.1 Å². The van der Waals surface area contributed by atoms with Gasteiger partial charge in [0.1, 0.15) is 0 Å². The van der Waals surface area contributed by atoms with E-state index in [2.05, 4.69) is 94.1 Å². The van der Waals surface area contributed by atoms with Crippen molar-refractivity contribution >= 4 is 43.2 Å². The minimum absolute atomic E-state index is 0.852. The van der Waals surface area contributed by atoms with Crippen LogP contribution in [0.25, 0.3) is 0 Å². The fraction of sp³-hybridized carbons (Fsp3) is 0.250. The van der Waals surface area contributed by atoms with Crippen LogP contribution in [0.15, 0.2) is 40.9 Å². The van der Waals surface area contributed by atoms with Crippen LogP contribution >= 0.6 is 31.9 Å². The average Bonchev–Trinajstić information content (AvgIpc) is 2.38. The van der Waals surface area contributed by atoms with Gasteiger partial charge in [0.15, 0.2) is 0 Å². The van der Waals surface area contributed by atoms with E-state index in [0.29, 0.717) is 0 Å². The van der Waals surface area contributed by atoms with Crippen LogP contribution in [0.4, 0.5) is 11.4 Å². The second-order valence-electron chi connectivity index (χ2n) is 4.76. The molecule has 100 valence electrons. The topological polar surface area (TPSA) is 3.24 Å². The Morgan fingerprint density at radius 2 is 1.74 bits per heavy atom. The van der Waals surface area contributed by atoms with Crippen molar-refractivity contribution < 1.29 is 0 Å². The average molecular weight is 383 g/mol. The molecule has 0 bridgehead atoms. The molecule has 0 aliphatic heterocycles. The number of hydrogen-bond donors (Lipinski definition) is 0. The first-order valence-corrected chi connectivity index (χ1v) is 8.09. The summed E-state index contributed by atoms with van der Waals surface area (Å²) in [6, 6.07) is 13.0. The van der Waals surface area contributed by atoms with Crippen molar-refractivity contribution in [1.82, 2.24) is 0 Å². The minimum atomic E-state index is 0.852. The van der Waals surface area contributed by atoms with E-state index >= 15 is 0 Å². The van der Waals surface area contributed by atoms with Gasteiger partial charge in [-0.15, -0.1) is 0 Å². The molecule has 0 saturated heterocycles. The molecule has 0 aliphatic rings. The number of anilines is 2. The molecule has 2 rings (SSSR count). The Morgan fingerprint density at radius 3 is 2.37 bits per heavy atom. The summed E-state index contributed by atoms with van der Waals surface area (Å²) in [4.78, 5) is 2.25. The lowest BCUT2D eigenvalue weighted by Gasteiger charge is -2.24. The predicted molar refractivity (Wildman–Crippen MR) is 90.8 cm³/mol. The largest absolute Gasteiger partial charge is 0.344 e. The van der Waals surface area contributed by atoms with Gasteiger partial charge in [0.05, 0.1) is 0 Å². The molecule has 0 spiro atoms. The highest BCUT2D eigenvalue weighted by atomic mass is 79.9. The van der Waals surface area contributed by atoms with Crippen molar-refractivity contribution in [2.24, 2.45) is 0 Å². The Balaban J connectivity index is 2.49. The normalized spacial score (nSPS) is 10.6. The molecule has 2 aromatic carbocycles. The van der Waals surface area contributed by atoms with E-state index < -0.39 is 0 Å². The lowest BCUT2D eigenvalue weighted by atomic mass is 10.1. The molecule has 0 radical (unpaired) electrons. The van der Waals surface area contributed by atoms with Crippen molar-refractivity contribution in [2.75, 3.05) is 11.9 Å². The Bertz CT molecular complexity index is 593. The Kier molecular flexibility index (Phi) is 4.69. The van der Waals surface area contributed by atoms with E-state index in [9.17, 15) is 0 Å². The number of halogens is 2. The lowest BCUT2D eigenvalue weighted by Crippen LogP contribution is -2.12. The van der Waals surface area contributed by atoms with Crippen molar-refractivity contribution in [2.45, 2.75) is 19.2 Å². The van der Waals surface area contributed by atoms with Crippen molar-refractivity contribution in [3.05, 3.63) is 57.6 Å². The van der Waals surface area contributed by atoms with Crippen LogP contribution in [0.1, 0.15) is 16.7 Å². The van der Waals surface area contributed by atoms with Gasteiger partial charge in [-0.3, -0.25) is 0 Å². The van der Waals surface area contributed by atoms with Crippen molar-refractivity contribution in [3.63, 3.8) is 0 Å². The summed E-state index contributed by atoms with van der Waals surface area (Å²) in [6.45, 7) is 4.28. The molecule has 0 aromatic heterocycles. The maximum atomic E-state index is 3.56. The number of alkyl halides is 1. The quantitative estimate of drug-likeness (QED) is 0.612. The zero-order chi connectivity index (χ0) is 14.0. The third-order valence-electron chi connectivity index (χ3n) is 3.27. The molecule has 0 aliphatic carbocycles. The molecule has 0 unspecified atom stereocenters. The summed E-state index contributed by atoms with van der Waals surface area (Å²) < 4.78 is 1.10. The monoisotopic (exact) mass is 381 g/mol. The maximum absolute atomic E-state index is 3.56. The van der Waals surface area contributed by atoms with E-state index in [-0.39, 0.29) is 0 Å². The third kappa shape index (κ3) is 3.21. The molecular formula is C16H17Br2N. The van der Waals surface area contributed by atoms with Crippen LogP contribution in [-0.2, 0) is 5.33 Å². The summed E-state index contributed by atoms with van der Waals surface area (Å²) >= 11 is 7.12. The molecule has 0 heterocycles. The smallest absolute Gasteiger partial charge is 0.0460 e. The fourth-order valence-corrected chi connectivity index (χ4v) is 3.10. The number of hydrogen-bond acceptors (Lipinski definition) is 1. The first kappa shape index (κ1) is 14.6. The molecule has 0 N–H and O–H groups in total. The summed E-state index contributed by atoms with van der Waals surface area (Å²) in [5.74, 6) is 0. The summed E-state index contributed by atoms with van der Waals surface area (Å²) in [7, 11) is 2.12. The van der Waals surface area contributed by atoms with Gasteiger partial charge in [0, 0.05) is 28.2 Å². The zero-order valence-electron chi connectivity index (χ0n) is 11.4. The van der Waals surface area contributed by atoms with Gasteiger partial charge in [-0.05, 0) is 43.2 Å². The lowest BCUT2D eigenvalue weighted by molar-refractivity contribution is 1.15. The second-order valence-corrected chi connectivity index (χ2v) is 6.23. The molecular weight excluding hydrogens is 366 g/mol. The number of aryl methyl sites for hydroxylation is 2. The molecule has 0 fully saturated rings. The maximum Gasteiger partial charge on any atom is 0.0460 e. The molecule has 0 saturated carbocycles. The Morgan fingerprint density at radius 1 is 1.00 bits per heavy atom. The molecule has 1 nitrogen and oxygen atoms in total. The predicted octanol–water partition coefficient (Wildman–Crippen LogP) is 5.73. The SMILES string of the molecule is Cc1ccc(N(C)c2cc(Br)ccc2CBr)c(C)c1. The highest BCUT2D eigenvalue weighted by Crippen LogP contribution is 2.33. The standard InChI is InChI=1S/C16H17Br2N/c1-11-4-7-15(12(2)8-11)19(3)16-9-14(18)6-5-13(16)10-17/h4-9H,10H2,1-3H3. The number of nitrogens with zero attached hydrogens (tertiary/aromatic N) is 1. The van der Waals surface area contributed by atoms with Gasteiger partial charge in [-0.1, -0.05) is 55.6 Å². The molecule has 19 heavy (non-hydrogen) atoms. The van der Waals surface area contributed by atoms with Crippen LogP contribution in [-0.4, -0.2) is 7.05 Å². The van der Waals surface area contributed by atoms with Gasteiger partial charge < -0.3 is 4.90 Å². The summed E-state index contributed by atoms with van der Waals surface area (Å²) in [6.07, 6.45) is 0. The van der Waals surface area contributed by atoms with Crippen LogP contribution < -0.4 is 4.90 Å². The van der Waals surface area contributed by atoms with Crippen molar-refractivity contribution in [1.29, 1.82) is 0 Å². The van der Waals surface area contributed by atoms with E-state index in [0.717, 1.165) is 9.80 Å². The molecule has 0 amide bonds. The highest BCUT2D eigenvalue weighted by Gasteiger charge is 2.11. The fourth-order valence-electron chi connectivity index (χ4n) is 2.27. The zero-order valence-corrected chi connectivity index (χ0v) is 14.5. The first-order valence-electron chi connectivity index (χ1n) is 6.18. The van der Waals surface area contributed by atoms with Crippen molar-refractivity contribution in [3.8, 4) is 0 Å². The number of rotatable bonds is 3.